The number of hydrogen-bond acceptors (Lipinski definition) is 6. The average Bonchev–Trinajstić information content (AvgIpc) is 3.28. The van der Waals surface area contributed by atoms with Crippen molar-refractivity contribution in [2.24, 2.45) is 0 Å². The van der Waals surface area contributed by atoms with E-state index in [-0.39, 0.29) is 17.2 Å². The largest absolute Gasteiger partial charge is 0.497 e. The topological polar surface area (TPSA) is 120 Å². The molecule has 0 aliphatic carbocycles. The van der Waals surface area contributed by atoms with Crippen LogP contribution in [-0.2, 0) is 25.5 Å². The van der Waals surface area contributed by atoms with Gasteiger partial charge in [0.1, 0.15) is 5.75 Å². The summed E-state index contributed by atoms with van der Waals surface area (Å²) in [6.45, 7) is 3.90. The second kappa shape index (κ2) is 9.39. The van der Waals surface area contributed by atoms with Crippen molar-refractivity contribution in [2.75, 3.05) is 39.1 Å². The Hall–Kier alpha value is -2.44. The number of nitrogens with zero attached hydrogens (tertiary/aromatic N) is 2. The van der Waals surface area contributed by atoms with Crippen molar-refractivity contribution in [3.63, 3.8) is 0 Å². The van der Waals surface area contributed by atoms with E-state index in [1.165, 1.54) is 8.61 Å². The number of H-pyrrole nitrogens is 1. The predicted molar refractivity (Wildman–Crippen MR) is 142 cm³/mol. The standard InChI is InChI=1S/C26H33N3O6S2/c1-4-36(31,32)28-13-11-26(12-14-28)17-29(37(33,34)20-8-5-18(2)6-9-20)23(16-30)25-24(26)21-10-7-19(35-3)15-22(21)27-25/h5-10,15,23,27,30H,4,11-14,16-17H2,1-3H3/t23-/m1/s1. The minimum Gasteiger partial charge on any atom is -0.497 e. The summed E-state index contributed by atoms with van der Waals surface area (Å²) in [5.74, 6) is 0.687. The first-order chi connectivity index (χ1) is 17.6. The number of aryl methyl sites for hydroxylation is 1. The molecule has 37 heavy (non-hydrogen) atoms. The van der Waals surface area contributed by atoms with Gasteiger partial charge in [0.2, 0.25) is 20.0 Å². The van der Waals surface area contributed by atoms with Crippen LogP contribution in [0.25, 0.3) is 10.9 Å². The van der Waals surface area contributed by atoms with Crippen LogP contribution in [0.3, 0.4) is 0 Å². The van der Waals surface area contributed by atoms with E-state index in [4.69, 9.17) is 4.74 Å². The van der Waals surface area contributed by atoms with Gasteiger partial charge in [-0.15, -0.1) is 0 Å². The highest BCUT2D eigenvalue weighted by Gasteiger charge is 2.51. The Morgan fingerprint density at radius 2 is 1.76 bits per heavy atom. The minimum absolute atomic E-state index is 0.0264. The number of aliphatic hydroxyl groups is 1. The Balaban J connectivity index is 1.68. The highest BCUT2D eigenvalue weighted by Crippen LogP contribution is 2.50. The molecule has 200 valence electrons. The predicted octanol–water partition coefficient (Wildman–Crippen LogP) is 2.91. The molecule has 3 aromatic rings. The number of hydrogen-bond donors (Lipinski definition) is 2. The second-order valence-corrected chi connectivity index (χ2v) is 14.1. The van der Waals surface area contributed by atoms with Crippen LogP contribution in [0, 0.1) is 6.92 Å². The van der Waals surface area contributed by atoms with Crippen molar-refractivity contribution in [1.82, 2.24) is 13.6 Å². The number of fused-ring (bicyclic) bond motifs is 4. The lowest BCUT2D eigenvalue weighted by atomic mass is 9.69. The van der Waals surface area contributed by atoms with Gasteiger partial charge in [0.25, 0.3) is 0 Å². The van der Waals surface area contributed by atoms with Crippen molar-refractivity contribution >= 4 is 30.9 Å². The number of piperidine rings is 1. The molecule has 0 bridgehead atoms. The molecular weight excluding hydrogens is 514 g/mol. The Morgan fingerprint density at radius 1 is 1.08 bits per heavy atom. The molecule has 9 nitrogen and oxygen atoms in total. The molecule has 1 saturated heterocycles. The fourth-order valence-electron chi connectivity index (χ4n) is 5.84. The number of benzene rings is 2. The number of ether oxygens (including phenoxy) is 1. The third-order valence-electron chi connectivity index (χ3n) is 7.94. The summed E-state index contributed by atoms with van der Waals surface area (Å²) < 4.78 is 61.4. The molecule has 3 heterocycles. The van der Waals surface area contributed by atoms with Crippen LogP contribution in [0.15, 0.2) is 47.4 Å². The van der Waals surface area contributed by atoms with Crippen molar-refractivity contribution in [3.8, 4) is 5.75 Å². The van der Waals surface area contributed by atoms with Gasteiger partial charge in [-0.25, -0.2) is 21.1 Å². The first-order valence-corrected chi connectivity index (χ1v) is 15.5. The molecule has 2 aromatic carbocycles. The van der Waals surface area contributed by atoms with Gasteiger partial charge in [0, 0.05) is 47.7 Å². The first-order valence-electron chi connectivity index (χ1n) is 12.4. The SMILES string of the molecule is CCS(=O)(=O)N1CCC2(CC1)CN(S(=O)(=O)c1ccc(C)cc1)[C@H](CO)c1[nH]c3cc(OC)ccc3c12. The van der Waals surface area contributed by atoms with Crippen molar-refractivity contribution in [1.29, 1.82) is 0 Å². The van der Waals surface area contributed by atoms with Crippen LogP contribution >= 0.6 is 0 Å². The maximum absolute atomic E-state index is 14.0. The summed E-state index contributed by atoms with van der Waals surface area (Å²) in [5.41, 5.74) is 2.74. The van der Waals surface area contributed by atoms with Crippen LogP contribution in [0.1, 0.15) is 42.6 Å². The normalized spacial score (nSPS) is 20.8. The third-order valence-corrected chi connectivity index (χ3v) is 11.7. The Kier molecular flexibility index (Phi) is 6.64. The van der Waals surface area contributed by atoms with Crippen LogP contribution in [0.5, 0.6) is 5.75 Å². The fraction of sp³-hybridized carbons (Fsp3) is 0.462. The number of nitrogens with one attached hydrogen (secondary N) is 1. The monoisotopic (exact) mass is 547 g/mol. The van der Waals surface area contributed by atoms with Crippen LogP contribution in [0.2, 0.25) is 0 Å². The van der Waals surface area contributed by atoms with E-state index in [1.54, 1.807) is 38.3 Å². The van der Waals surface area contributed by atoms with Gasteiger partial charge < -0.3 is 14.8 Å². The van der Waals surface area contributed by atoms with Gasteiger partial charge in [-0.3, -0.25) is 0 Å². The van der Waals surface area contributed by atoms with Gasteiger partial charge in [-0.05, 0) is 56.5 Å². The number of rotatable bonds is 6. The molecule has 11 heteroatoms. The fourth-order valence-corrected chi connectivity index (χ4v) is 8.62. The molecule has 0 amide bonds. The summed E-state index contributed by atoms with van der Waals surface area (Å²) in [4.78, 5) is 3.57. The molecule has 0 radical (unpaired) electrons. The maximum Gasteiger partial charge on any atom is 0.243 e. The van der Waals surface area contributed by atoms with Gasteiger partial charge >= 0.3 is 0 Å². The smallest absolute Gasteiger partial charge is 0.243 e. The highest BCUT2D eigenvalue weighted by atomic mass is 32.2. The molecule has 1 fully saturated rings. The molecular formula is C26H33N3O6S2. The summed E-state index contributed by atoms with van der Waals surface area (Å²) in [6, 6.07) is 11.6. The van der Waals surface area contributed by atoms with E-state index in [0.717, 1.165) is 22.0 Å². The highest BCUT2D eigenvalue weighted by molar-refractivity contribution is 7.89. The van der Waals surface area contributed by atoms with E-state index in [9.17, 15) is 21.9 Å². The molecule has 2 N–H and O–H groups in total. The van der Waals surface area contributed by atoms with Crippen molar-refractivity contribution in [3.05, 3.63) is 59.3 Å². The third kappa shape index (κ3) is 4.26. The lowest BCUT2D eigenvalue weighted by Gasteiger charge is -2.49. The molecule has 5 rings (SSSR count). The zero-order chi connectivity index (χ0) is 26.6. The van der Waals surface area contributed by atoms with Crippen LogP contribution in [-0.4, -0.2) is 74.6 Å². The van der Waals surface area contributed by atoms with Gasteiger partial charge in [-0.1, -0.05) is 17.7 Å². The summed E-state index contributed by atoms with van der Waals surface area (Å²) in [7, 11) is -5.73. The second-order valence-electron chi connectivity index (χ2n) is 9.97. The Morgan fingerprint density at radius 3 is 2.35 bits per heavy atom. The van der Waals surface area contributed by atoms with E-state index in [0.29, 0.717) is 37.4 Å². The first kappa shape index (κ1) is 26.2. The van der Waals surface area contributed by atoms with Crippen LogP contribution < -0.4 is 4.74 Å². The summed E-state index contributed by atoms with van der Waals surface area (Å²) in [5, 5.41) is 11.5. The molecule has 1 spiro atoms. The van der Waals surface area contributed by atoms with Crippen molar-refractivity contribution in [2.45, 2.75) is 43.0 Å². The van der Waals surface area contributed by atoms with Gasteiger partial charge in [-0.2, -0.15) is 4.31 Å². The molecule has 1 atom stereocenters. The van der Waals surface area contributed by atoms with E-state index >= 15 is 0 Å². The lowest BCUT2D eigenvalue weighted by molar-refractivity contribution is 0.117. The molecule has 0 unspecified atom stereocenters. The minimum atomic E-state index is -3.96. The lowest BCUT2D eigenvalue weighted by Crippen LogP contribution is -2.55. The zero-order valence-electron chi connectivity index (χ0n) is 21.3. The summed E-state index contributed by atoms with van der Waals surface area (Å²) in [6.07, 6.45) is 0.937. The Labute approximate surface area is 218 Å². The number of aromatic amines is 1. The summed E-state index contributed by atoms with van der Waals surface area (Å²) >= 11 is 0. The number of aromatic nitrogens is 1. The number of sulfonamides is 2. The van der Waals surface area contributed by atoms with Gasteiger partial charge in [0.15, 0.2) is 0 Å². The van der Waals surface area contributed by atoms with E-state index in [1.807, 2.05) is 25.1 Å². The molecule has 2 aliphatic rings. The van der Waals surface area contributed by atoms with Crippen molar-refractivity contribution < 1.29 is 26.7 Å². The number of methoxy groups -OCH3 is 1. The molecule has 1 aromatic heterocycles. The maximum atomic E-state index is 14.0. The van der Waals surface area contributed by atoms with E-state index in [2.05, 4.69) is 4.98 Å². The van der Waals surface area contributed by atoms with E-state index < -0.39 is 38.1 Å². The Bertz CT molecular complexity index is 1520. The van der Waals surface area contributed by atoms with Gasteiger partial charge in [0.05, 0.1) is 30.4 Å². The van der Waals surface area contributed by atoms with Crippen LogP contribution in [0.4, 0.5) is 0 Å². The quantitative estimate of drug-likeness (QED) is 0.490. The average molecular weight is 548 g/mol. The molecule has 2 aliphatic heterocycles. The zero-order valence-corrected chi connectivity index (χ0v) is 22.9. The molecule has 0 saturated carbocycles. The number of aliphatic hydroxyl groups excluding tert-OH is 1.